The molecule has 0 spiro atoms. The van der Waals surface area contributed by atoms with Crippen molar-refractivity contribution in [2.24, 2.45) is 0 Å². The summed E-state index contributed by atoms with van der Waals surface area (Å²) in [5.74, 6) is 0. The van der Waals surface area contributed by atoms with Gasteiger partial charge in [-0.05, 0) is 86.8 Å². The van der Waals surface area contributed by atoms with Crippen molar-refractivity contribution in [3.05, 3.63) is 230 Å². The van der Waals surface area contributed by atoms with Gasteiger partial charge in [0.2, 0.25) is 0 Å². The Morgan fingerprint density at radius 2 is 0.930 bits per heavy atom. The predicted molar refractivity (Wildman–Crippen MR) is 242 cm³/mol. The van der Waals surface area contributed by atoms with Gasteiger partial charge in [-0.2, -0.15) is 0 Å². The molecule has 1 aliphatic rings. The van der Waals surface area contributed by atoms with E-state index in [0.29, 0.717) is 0 Å². The highest BCUT2D eigenvalue weighted by Gasteiger charge is 2.39. The first-order valence-electron chi connectivity index (χ1n) is 19.8. The summed E-state index contributed by atoms with van der Waals surface area (Å²) in [5.41, 5.74) is 16.3. The van der Waals surface area contributed by atoms with Crippen molar-refractivity contribution >= 4 is 44.9 Å². The second kappa shape index (κ2) is 14.2. The molecule has 0 radical (unpaired) electrons. The number of anilines is 6. The average molecular weight is 731 g/mol. The van der Waals surface area contributed by atoms with Gasteiger partial charge in [-0.1, -0.05) is 190 Å². The van der Waals surface area contributed by atoms with Crippen LogP contribution in [0.15, 0.2) is 218 Å². The van der Waals surface area contributed by atoms with Gasteiger partial charge in [0.25, 0.3) is 0 Å². The van der Waals surface area contributed by atoms with Gasteiger partial charge in [0.05, 0.1) is 28.4 Å². The monoisotopic (exact) mass is 730 g/mol. The topological polar surface area (TPSA) is 6.48 Å². The Labute approximate surface area is 335 Å². The highest BCUT2D eigenvalue weighted by molar-refractivity contribution is 6.09. The molecule has 9 aromatic rings. The Hall–Kier alpha value is -7.16. The van der Waals surface area contributed by atoms with Crippen molar-refractivity contribution in [3.8, 4) is 33.4 Å². The van der Waals surface area contributed by atoms with Crippen LogP contribution in [-0.4, -0.2) is 0 Å². The normalized spacial score (nSPS) is 12.8. The summed E-state index contributed by atoms with van der Waals surface area (Å²) in [4.78, 5) is 5.01. The summed E-state index contributed by atoms with van der Waals surface area (Å²) in [6, 6.07) is 79.5. The zero-order chi connectivity index (χ0) is 38.3. The van der Waals surface area contributed by atoms with E-state index in [9.17, 15) is 0 Å². The molecule has 0 aromatic heterocycles. The molecule has 0 N–H and O–H groups in total. The van der Waals surface area contributed by atoms with E-state index in [1.807, 2.05) is 0 Å². The largest absolute Gasteiger partial charge is 0.308 e. The summed E-state index contributed by atoms with van der Waals surface area (Å²) >= 11 is 0. The summed E-state index contributed by atoms with van der Waals surface area (Å²) in [5, 5.41) is 2.38. The third-order valence-corrected chi connectivity index (χ3v) is 11.6. The molecule has 2 heteroatoms. The van der Waals surface area contributed by atoms with E-state index in [0.717, 1.165) is 28.3 Å². The fraction of sp³-hybridized carbons (Fsp3) is 0.0545. The molecular formula is C55H42N2. The number of nitrogens with zero attached hydrogens (tertiary/aromatic N) is 2. The maximum atomic E-state index is 2.54. The molecule has 0 fully saturated rings. The number of rotatable bonds is 7. The molecule has 1 heterocycles. The van der Waals surface area contributed by atoms with Crippen molar-refractivity contribution in [1.82, 2.24) is 0 Å². The molecule has 0 saturated carbocycles. The Morgan fingerprint density at radius 1 is 0.386 bits per heavy atom. The zero-order valence-electron chi connectivity index (χ0n) is 32.2. The van der Waals surface area contributed by atoms with Crippen molar-refractivity contribution in [2.45, 2.75) is 19.3 Å². The second-order valence-corrected chi connectivity index (χ2v) is 15.4. The van der Waals surface area contributed by atoms with Crippen LogP contribution in [0.4, 0.5) is 34.1 Å². The lowest BCUT2D eigenvalue weighted by Crippen LogP contribution is -2.31. The summed E-state index contributed by atoms with van der Waals surface area (Å²) in [7, 11) is 0. The molecular weight excluding hydrogens is 689 g/mol. The first kappa shape index (κ1) is 34.3. The van der Waals surface area contributed by atoms with Crippen LogP contribution in [0.2, 0.25) is 0 Å². The SMILES string of the molecule is CC1(C)c2ccccc2N(c2c(N(c3ccc(-c4ccccc4)cc3)c3ccccc3-c3ccccc3)ccc3ccccc23)c2ccc(-c3ccccc3)cc21. The van der Waals surface area contributed by atoms with Crippen LogP contribution in [0.1, 0.15) is 25.0 Å². The lowest BCUT2D eigenvalue weighted by atomic mass is 9.72. The van der Waals surface area contributed by atoms with Crippen LogP contribution in [0.5, 0.6) is 0 Å². The fourth-order valence-corrected chi connectivity index (χ4v) is 8.79. The Balaban J connectivity index is 1.27. The van der Waals surface area contributed by atoms with E-state index in [-0.39, 0.29) is 5.41 Å². The molecule has 0 unspecified atom stereocenters. The molecule has 57 heavy (non-hydrogen) atoms. The van der Waals surface area contributed by atoms with E-state index in [2.05, 4.69) is 242 Å². The van der Waals surface area contributed by atoms with E-state index in [1.165, 1.54) is 61.1 Å². The molecule has 1 aliphatic heterocycles. The van der Waals surface area contributed by atoms with Gasteiger partial charge >= 0.3 is 0 Å². The minimum Gasteiger partial charge on any atom is -0.308 e. The lowest BCUT2D eigenvalue weighted by molar-refractivity contribution is 0.632. The number of para-hydroxylation sites is 2. The molecule has 272 valence electrons. The van der Waals surface area contributed by atoms with Gasteiger partial charge in [0, 0.05) is 22.1 Å². The second-order valence-electron chi connectivity index (χ2n) is 15.4. The van der Waals surface area contributed by atoms with E-state index >= 15 is 0 Å². The number of hydrogen-bond acceptors (Lipinski definition) is 2. The molecule has 2 nitrogen and oxygen atoms in total. The summed E-state index contributed by atoms with van der Waals surface area (Å²) < 4.78 is 0. The van der Waals surface area contributed by atoms with Gasteiger partial charge in [-0.15, -0.1) is 0 Å². The highest BCUT2D eigenvalue weighted by atomic mass is 15.2. The molecule has 0 amide bonds. The summed E-state index contributed by atoms with van der Waals surface area (Å²) in [6.45, 7) is 4.75. The Morgan fingerprint density at radius 3 is 1.67 bits per heavy atom. The van der Waals surface area contributed by atoms with Crippen LogP contribution < -0.4 is 9.80 Å². The van der Waals surface area contributed by atoms with Crippen LogP contribution in [0, 0.1) is 0 Å². The van der Waals surface area contributed by atoms with Crippen LogP contribution >= 0.6 is 0 Å². The zero-order valence-corrected chi connectivity index (χ0v) is 32.2. The third-order valence-electron chi connectivity index (χ3n) is 11.6. The number of fused-ring (bicyclic) bond motifs is 3. The molecule has 0 bridgehead atoms. The van der Waals surface area contributed by atoms with E-state index < -0.39 is 0 Å². The van der Waals surface area contributed by atoms with Gasteiger partial charge < -0.3 is 9.80 Å². The van der Waals surface area contributed by atoms with Crippen LogP contribution in [-0.2, 0) is 5.41 Å². The highest BCUT2D eigenvalue weighted by Crippen LogP contribution is 2.57. The van der Waals surface area contributed by atoms with Crippen molar-refractivity contribution in [3.63, 3.8) is 0 Å². The first-order chi connectivity index (χ1) is 28.1. The predicted octanol–water partition coefficient (Wildman–Crippen LogP) is 15.4. The number of hydrogen-bond donors (Lipinski definition) is 0. The van der Waals surface area contributed by atoms with E-state index in [1.54, 1.807) is 0 Å². The average Bonchev–Trinajstić information content (AvgIpc) is 3.28. The summed E-state index contributed by atoms with van der Waals surface area (Å²) in [6.07, 6.45) is 0. The lowest BCUT2D eigenvalue weighted by Gasteiger charge is -2.44. The fourth-order valence-electron chi connectivity index (χ4n) is 8.79. The minimum absolute atomic E-state index is 0.245. The standard InChI is InChI=1S/C55H42N2/c1-55(2)48-27-15-17-29-51(48)57(52-36-33-44(38-49(52)55)40-20-8-4-9-21-40)54-47-26-13-12-24-43(47)32-37-53(54)56(45-34-30-41(31-35-45)39-18-6-3-7-19-39)50-28-16-14-25-46(50)42-22-10-5-11-23-42/h3-38H,1-2H3. The van der Waals surface area contributed by atoms with Crippen molar-refractivity contribution in [1.29, 1.82) is 0 Å². The minimum atomic E-state index is -0.245. The van der Waals surface area contributed by atoms with Gasteiger partial charge in [-0.3, -0.25) is 0 Å². The van der Waals surface area contributed by atoms with Crippen molar-refractivity contribution in [2.75, 3.05) is 9.80 Å². The maximum absolute atomic E-state index is 2.54. The van der Waals surface area contributed by atoms with Crippen molar-refractivity contribution < 1.29 is 0 Å². The van der Waals surface area contributed by atoms with Crippen LogP contribution in [0.25, 0.3) is 44.2 Å². The van der Waals surface area contributed by atoms with Crippen LogP contribution in [0.3, 0.4) is 0 Å². The smallest absolute Gasteiger partial charge is 0.0781 e. The quantitative estimate of drug-likeness (QED) is 0.161. The van der Waals surface area contributed by atoms with Gasteiger partial charge in [0.1, 0.15) is 0 Å². The van der Waals surface area contributed by atoms with E-state index in [4.69, 9.17) is 0 Å². The Kier molecular flexibility index (Phi) is 8.53. The number of benzene rings is 9. The Bertz CT molecular complexity index is 2860. The molecule has 0 atom stereocenters. The first-order valence-corrected chi connectivity index (χ1v) is 19.8. The maximum Gasteiger partial charge on any atom is 0.0781 e. The molecule has 9 aromatic carbocycles. The third kappa shape index (κ3) is 5.98. The van der Waals surface area contributed by atoms with Gasteiger partial charge in [0.15, 0.2) is 0 Å². The molecule has 10 rings (SSSR count). The van der Waals surface area contributed by atoms with Gasteiger partial charge in [-0.25, -0.2) is 0 Å². The molecule has 0 aliphatic carbocycles. The molecule has 0 saturated heterocycles.